The molecule has 0 aliphatic heterocycles. The number of hydrogen-bond acceptors (Lipinski definition) is 9. The first-order chi connectivity index (χ1) is 14.7. The van der Waals surface area contributed by atoms with Crippen LogP contribution in [-0.2, 0) is 13.2 Å². The zero-order valence-electron chi connectivity index (χ0n) is 16.6. The number of fused-ring (bicyclic) bond motifs is 2. The normalized spacial score (nSPS) is 11.4. The number of aryl methyl sites for hydroxylation is 2. The van der Waals surface area contributed by atoms with Crippen LogP contribution in [0.3, 0.4) is 0 Å². The molecule has 11 heteroatoms. The van der Waals surface area contributed by atoms with Gasteiger partial charge in [-0.1, -0.05) is 5.16 Å². The second-order valence-electron chi connectivity index (χ2n) is 6.60. The minimum atomic E-state index is 0.209. The average Bonchev–Trinajstić information content (AvgIpc) is 3.48. The summed E-state index contributed by atoms with van der Waals surface area (Å²) in [5.41, 5.74) is 3.44. The number of aromatic nitrogens is 8. The third kappa shape index (κ3) is 3.00. The highest BCUT2D eigenvalue weighted by molar-refractivity contribution is 5.70. The van der Waals surface area contributed by atoms with E-state index in [1.54, 1.807) is 32.5 Å². The molecule has 5 heterocycles. The van der Waals surface area contributed by atoms with Crippen LogP contribution in [0.5, 0.6) is 11.6 Å². The average molecular weight is 406 g/mol. The van der Waals surface area contributed by atoms with E-state index < -0.39 is 0 Å². The van der Waals surface area contributed by atoms with Crippen LogP contribution in [0.2, 0.25) is 0 Å². The molecule has 0 spiro atoms. The van der Waals surface area contributed by atoms with Gasteiger partial charge in [-0.25, -0.2) is 9.97 Å². The van der Waals surface area contributed by atoms with Crippen molar-refractivity contribution in [2.75, 3.05) is 7.11 Å². The maximum absolute atomic E-state index is 5.94. The molecule has 0 aromatic carbocycles. The number of rotatable bonds is 6. The molecule has 5 rings (SSSR count). The molecule has 0 saturated heterocycles. The van der Waals surface area contributed by atoms with E-state index in [2.05, 4.69) is 30.4 Å². The molecule has 11 nitrogen and oxygen atoms in total. The van der Waals surface area contributed by atoms with Crippen molar-refractivity contribution in [3.05, 3.63) is 42.0 Å². The Morgan fingerprint density at radius 3 is 2.83 bits per heavy atom. The molecule has 0 saturated carbocycles. The van der Waals surface area contributed by atoms with Gasteiger partial charge >= 0.3 is 0 Å². The molecule has 0 fully saturated rings. The third-order valence-electron chi connectivity index (χ3n) is 4.62. The van der Waals surface area contributed by atoms with E-state index in [1.807, 2.05) is 23.6 Å². The van der Waals surface area contributed by atoms with Gasteiger partial charge in [-0.15, -0.1) is 15.3 Å². The number of nitrogens with zero attached hydrogens (tertiary/aromatic N) is 8. The molecule has 0 N–H and O–H groups in total. The Morgan fingerprint density at radius 1 is 1.17 bits per heavy atom. The second kappa shape index (κ2) is 7.10. The Bertz CT molecular complexity index is 1350. The van der Waals surface area contributed by atoms with Crippen molar-refractivity contribution < 1.29 is 14.0 Å². The van der Waals surface area contributed by atoms with Crippen LogP contribution in [0, 0.1) is 6.92 Å². The first kappa shape index (κ1) is 18.0. The summed E-state index contributed by atoms with van der Waals surface area (Å²) in [6.07, 6.45) is 1.78. The van der Waals surface area contributed by atoms with Crippen molar-refractivity contribution in [1.29, 1.82) is 0 Å². The lowest BCUT2D eigenvalue weighted by Crippen LogP contribution is -2.06. The van der Waals surface area contributed by atoms with E-state index in [0.717, 1.165) is 23.4 Å². The Labute approximate surface area is 170 Å². The Kier molecular flexibility index (Phi) is 4.27. The Morgan fingerprint density at radius 2 is 2.07 bits per heavy atom. The van der Waals surface area contributed by atoms with Gasteiger partial charge in [0.1, 0.15) is 17.9 Å². The van der Waals surface area contributed by atoms with Gasteiger partial charge < -0.3 is 18.6 Å². The molecule has 0 unspecified atom stereocenters. The molecule has 0 atom stereocenters. The zero-order chi connectivity index (χ0) is 20.7. The van der Waals surface area contributed by atoms with Gasteiger partial charge in [0.2, 0.25) is 5.82 Å². The quantitative estimate of drug-likeness (QED) is 0.419. The monoisotopic (exact) mass is 406 g/mol. The molecule has 152 valence electrons. The molecule has 0 aliphatic rings. The smallest absolute Gasteiger partial charge is 0.275 e. The standard InChI is InChI=1S/C19H18N8O3/c1-4-26-10-20-13-6-5-12(21-17(13)26)9-29-19-15(28-3)8-16-22-23-18(27(16)24-19)14-7-11(2)30-25-14/h5-8,10H,4,9H2,1-3H3. The van der Waals surface area contributed by atoms with Crippen molar-refractivity contribution in [2.45, 2.75) is 27.0 Å². The second-order valence-corrected chi connectivity index (χ2v) is 6.60. The minimum Gasteiger partial charge on any atom is -0.491 e. The first-order valence-corrected chi connectivity index (χ1v) is 9.34. The fraction of sp³-hybridized carbons (Fsp3) is 0.263. The molecular weight excluding hydrogens is 388 g/mol. The topological polar surface area (TPSA) is 118 Å². The van der Waals surface area contributed by atoms with E-state index in [1.165, 1.54) is 4.52 Å². The number of imidazole rings is 1. The van der Waals surface area contributed by atoms with E-state index in [4.69, 9.17) is 14.0 Å². The van der Waals surface area contributed by atoms with Crippen molar-refractivity contribution >= 4 is 16.8 Å². The lowest BCUT2D eigenvalue weighted by atomic mass is 10.3. The SMILES string of the molecule is CCn1cnc2ccc(COc3nn4c(-c5cc(C)on5)nnc4cc3OC)nc21. The van der Waals surface area contributed by atoms with Crippen LogP contribution in [0.15, 0.2) is 35.1 Å². The molecular formula is C19H18N8O3. The molecule has 5 aromatic heterocycles. The van der Waals surface area contributed by atoms with Gasteiger partial charge in [0.15, 0.2) is 22.7 Å². The molecule has 5 aromatic rings. The van der Waals surface area contributed by atoms with Crippen molar-refractivity contribution in [3.8, 4) is 23.1 Å². The largest absolute Gasteiger partial charge is 0.491 e. The fourth-order valence-corrected chi connectivity index (χ4v) is 3.11. The Hall–Kier alpha value is -4.02. The van der Waals surface area contributed by atoms with Crippen molar-refractivity contribution in [2.24, 2.45) is 0 Å². The summed E-state index contributed by atoms with van der Waals surface area (Å²) in [7, 11) is 1.54. The van der Waals surface area contributed by atoms with Gasteiger partial charge in [0.05, 0.1) is 19.1 Å². The van der Waals surface area contributed by atoms with E-state index in [-0.39, 0.29) is 12.5 Å². The number of hydrogen-bond donors (Lipinski definition) is 0. The molecule has 0 bridgehead atoms. The number of ether oxygens (including phenoxy) is 2. The van der Waals surface area contributed by atoms with E-state index in [0.29, 0.717) is 28.7 Å². The van der Waals surface area contributed by atoms with Crippen molar-refractivity contribution in [1.82, 2.24) is 39.5 Å². The third-order valence-corrected chi connectivity index (χ3v) is 4.62. The van der Waals surface area contributed by atoms with Crippen LogP contribution < -0.4 is 9.47 Å². The lowest BCUT2D eigenvalue weighted by molar-refractivity contribution is 0.264. The highest BCUT2D eigenvalue weighted by atomic mass is 16.5. The van der Waals surface area contributed by atoms with E-state index >= 15 is 0 Å². The summed E-state index contributed by atoms with van der Waals surface area (Å²) in [4.78, 5) is 8.99. The van der Waals surface area contributed by atoms with Crippen LogP contribution in [0.4, 0.5) is 0 Å². The fourth-order valence-electron chi connectivity index (χ4n) is 3.11. The zero-order valence-corrected chi connectivity index (χ0v) is 16.6. The first-order valence-electron chi connectivity index (χ1n) is 9.34. The van der Waals surface area contributed by atoms with Crippen molar-refractivity contribution in [3.63, 3.8) is 0 Å². The maximum atomic E-state index is 5.94. The van der Waals surface area contributed by atoms with Gasteiger partial charge in [0.25, 0.3) is 5.88 Å². The maximum Gasteiger partial charge on any atom is 0.275 e. The van der Waals surface area contributed by atoms with Gasteiger partial charge in [-0.05, 0) is 26.0 Å². The number of methoxy groups -OCH3 is 1. The Balaban J connectivity index is 1.48. The molecule has 0 aliphatic carbocycles. The number of pyridine rings is 1. The van der Waals surface area contributed by atoms with Crippen LogP contribution >= 0.6 is 0 Å². The predicted molar refractivity (Wildman–Crippen MR) is 105 cm³/mol. The summed E-state index contributed by atoms with van der Waals surface area (Å²) in [5, 5.41) is 16.8. The van der Waals surface area contributed by atoms with Gasteiger partial charge in [-0.3, -0.25) is 0 Å². The highest BCUT2D eigenvalue weighted by Gasteiger charge is 2.18. The molecule has 30 heavy (non-hydrogen) atoms. The molecule has 0 amide bonds. The van der Waals surface area contributed by atoms with E-state index in [9.17, 15) is 0 Å². The summed E-state index contributed by atoms with van der Waals surface area (Å²) in [5.74, 6) is 1.84. The summed E-state index contributed by atoms with van der Waals surface area (Å²) in [6.45, 7) is 4.85. The highest BCUT2D eigenvalue weighted by Crippen LogP contribution is 2.28. The van der Waals surface area contributed by atoms with Crippen LogP contribution in [0.25, 0.3) is 28.3 Å². The predicted octanol–water partition coefficient (Wildman–Crippen LogP) is 2.44. The summed E-state index contributed by atoms with van der Waals surface area (Å²) < 4.78 is 20.0. The summed E-state index contributed by atoms with van der Waals surface area (Å²) >= 11 is 0. The van der Waals surface area contributed by atoms with Crippen LogP contribution in [-0.4, -0.2) is 46.6 Å². The summed E-state index contributed by atoms with van der Waals surface area (Å²) in [6, 6.07) is 7.27. The van der Waals surface area contributed by atoms with Crippen LogP contribution in [0.1, 0.15) is 18.4 Å². The lowest BCUT2D eigenvalue weighted by Gasteiger charge is -2.10. The van der Waals surface area contributed by atoms with Gasteiger partial charge in [-0.2, -0.15) is 4.52 Å². The minimum absolute atomic E-state index is 0.209. The molecule has 0 radical (unpaired) electrons. The van der Waals surface area contributed by atoms with Gasteiger partial charge in [0, 0.05) is 18.7 Å².